The van der Waals surface area contributed by atoms with E-state index >= 15 is 0 Å². The Hall–Kier alpha value is -1.58. The Kier molecular flexibility index (Phi) is 6.93. The molecule has 0 saturated carbocycles. The van der Waals surface area contributed by atoms with Gasteiger partial charge in [-0.05, 0) is 32.4 Å². The molecule has 0 aliphatic rings. The van der Waals surface area contributed by atoms with Crippen LogP contribution < -0.4 is 5.32 Å². The summed E-state index contributed by atoms with van der Waals surface area (Å²) in [4.78, 5) is 18.1. The first kappa shape index (κ1) is 15.5. The van der Waals surface area contributed by atoms with Crippen LogP contribution in [-0.2, 0) is 0 Å². The molecule has 0 spiro atoms. The van der Waals surface area contributed by atoms with Gasteiger partial charge in [0.15, 0.2) is 0 Å². The van der Waals surface area contributed by atoms with E-state index < -0.39 is 0 Å². The van der Waals surface area contributed by atoms with E-state index in [-0.39, 0.29) is 5.91 Å². The van der Waals surface area contributed by atoms with Gasteiger partial charge in [0.25, 0.3) is 5.91 Å². The van der Waals surface area contributed by atoms with E-state index in [2.05, 4.69) is 17.2 Å². The molecule has 0 unspecified atom stereocenters. The maximum atomic E-state index is 12.2. The van der Waals surface area contributed by atoms with Gasteiger partial charge in [-0.15, -0.1) is 0 Å². The van der Waals surface area contributed by atoms with Gasteiger partial charge in [-0.1, -0.05) is 19.8 Å². The minimum absolute atomic E-state index is 0.00204. The zero-order chi connectivity index (χ0) is 14.1. The normalized spacial score (nSPS) is 10.3. The van der Waals surface area contributed by atoms with Crippen molar-refractivity contribution in [2.45, 2.75) is 40.0 Å². The molecule has 106 valence electrons. The van der Waals surface area contributed by atoms with Crippen molar-refractivity contribution in [2.75, 3.05) is 25.0 Å². The Balaban J connectivity index is 2.63. The maximum absolute atomic E-state index is 12.2. The zero-order valence-corrected chi connectivity index (χ0v) is 12.3. The fourth-order valence-electron chi connectivity index (χ4n) is 1.94. The summed E-state index contributed by atoms with van der Waals surface area (Å²) in [5, 5.41) is 3.34. The number of rotatable bonds is 8. The van der Waals surface area contributed by atoms with Crippen LogP contribution in [0.4, 0.5) is 5.69 Å². The summed E-state index contributed by atoms with van der Waals surface area (Å²) in [6.07, 6.45) is 5.28. The van der Waals surface area contributed by atoms with Crippen molar-refractivity contribution in [3.05, 3.63) is 24.0 Å². The molecule has 1 amide bonds. The summed E-state index contributed by atoms with van der Waals surface area (Å²) >= 11 is 0. The molecule has 1 aromatic heterocycles. The van der Waals surface area contributed by atoms with Crippen LogP contribution in [0.5, 0.6) is 0 Å². The number of pyridine rings is 1. The Morgan fingerprint density at radius 3 is 2.63 bits per heavy atom. The fraction of sp³-hybridized carbons (Fsp3) is 0.600. The van der Waals surface area contributed by atoms with Crippen molar-refractivity contribution in [1.29, 1.82) is 0 Å². The molecule has 1 heterocycles. The molecule has 0 atom stereocenters. The largest absolute Gasteiger partial charge is 0.385 e. The summed E-state index contributed by atoms with van der Waals surface area (Å²) in [5.74, 6) is 0.00204. The third kappa shape index (κ3) is 4.89. The first-order chi connectivity index (χ1) is 9.22. The average molecular weight is 263 g/mol. The lowest BCUT2D eigenvalue weighted by atomic mass is 10.2. The summed E-state index contributed by atoms with van der Waals surface area (Å²) < 4.78 is 0. The van der Waals surface area contributed by atoms with Gasteiger partial charge in [0.2, 0.25) is 0 Å². The van der Waals surface area contributed by atoms with Crippen LogP contribution >= 0.6 is 0 Å². The molecular formula is C15H25N3O. The fourth-order valence-corrected chi connectivity index (χ4v) is 1.94. The van der Waals surface area contributed by atoms with Crippen molar-refractivity contribution in [3.8, 4) is 0 Å². The molecule has 0 saturated heterocycles. The number of unbranched alkanes of at least 4 members (excludes halogenated alkanes) is 2. The van der Waals surface area contributed by atoms with Crippen LogP contribution in [0.3, 0.4) is 0 Å². The second-order valence-electron chi connectivity index (χ2n) is 4.54. The maximum Gasteiger partial charge on any atom is 0.272 e. The lowest BCUT2D eigenvalue weighted by molar-refractivity contribution is 0.0767. The number of carbonyl (C=O) groups is 1. The zero-order valence-electron chi connectivity index (χ0n) is 12.3. The van der Waals surface area contributed by atoms with E-state index in [1.807, 2.05) is 26.0 Å². The predicted molar refractivity (Wildman–Crippen MR) is 79.5 cm³/mol. The van der Waals surface area contributed by atoms with Gasteiger partial charge in [-0.25, -0.2) is 0 Å². The quantitative estimate of drug-likeness (QED) is 0.733. The van der Waals surface area contributed by atoms with E-state index in [1.54, 1.807) is 11.1 Å². The van der Waals surface area contributed by atoms with Gasteiger partial charge in [0.05, 0.1) is 0 Å². The molecule has 0 aliphatic carbocycles. The average Bonchev–Trinajstić information content (AvgIpc) is 2.45. The molecule has 1 aromatic rings. The number of amides is 1. The monoisotopic (exact) mass is 263 g/mol. The number of aromatic nitrogens is 1. The van der Waals surface area contributed by atoms with Gasteiger partial charge in [0, 0.05) is 31.5 Å². The number of anilines is 1. The molecule has 19 heavy (non-hydrogen) atoms. The minimum Gasteiger partial charge on any atom is -0.385 e. The van der Waals surface area contributed by atoms with Gasteiger partial charge >= 0.3 is 0 Å². The Morgan fingerprint density at radius 2 is 2.00 bits per heavy atom. The predicted octanol–water partition coefficient (Wildman–Crippen LogP) is 3.17. The van der Waals surface area contributed by atoms with Crippen LogP contribution in [0, 0.1) is 0 Å². The molecule has 4 nitrogen and oxygen atoms in total. The second kappa shape index (κ2) is 8.51. The molecular weight excluding hydrogens is 238 g/mol. The van der Waals surface area contributed by atoms with Gasteiger partial charge in [0.1, 0.15) is 5.69 Å². The SMILES string of the molecule is CCCCCNc1ccnc(C(=O)N(CC)CC)c1. The van der Waals surface area contributed by atoms with Gasteiger partial charge < -0.3 is 10.2 Å². The topological polar surface area (TPSA) is 45.2 Å². The molecule has 0 aliphatic heterocycles. The summed E-state index contributed by atoms with van der Waals surface area (Å²) in [6.45, 7) is 8.52. The number of nitrogens with one attached hydrogen (secondary N) is 1. The van der Waals surface area contributed by atoms with E-state index in [0.717, 1.165) is 18.7 Å². The van der Waals surface area contributed by atoms with Crippen LogP contribution in [0.25, 0.3) is 0 Å². The highest BCUT2D eigenvalue weighted by Gasteiger charge is 2.13. The van der Waals surface area contributed by atoms with Gasteiger partial charge in [-0.3, -0.25) is 9.78 Å². The van der Waals surface area contributed by atoms with Crippen LogP contribution in [0.15, 0.2) is 18.3 Å². The molecule has 1 N–H and O–H groups in total. The summed E-state index contributed by atoms with van der Waals surface area (Å²) in [6, 6.07) is 3.75. The lowest BCUT2D eigenvalue weighted by Crippen LogP contribution is -2.31. The standard InChI is InChI=1S/C15H25N3O/c1-4-7-8-10-16-13-9-11-17-14(12-13)15(19)18(5-2)6-3/h9,11-12H,4-8,10H2,1-3H3,(H,16,17). The van der Waals surface area contributed by atoms with Crippen LogP contribution in [-0.4, -0.2) is 35.4 Å². The summed E-state index contributed by atoms with van der Waals surface area (Å²) in [7, 11) is 0. The van der Waals surface area contributed by atoms with E-state index in [4.69, 9.17) is 0 Å². The Morgan fingerprint density at radius 1 is 1.26 bits per heavy atom. The van der Waals surface area contributed by atoms with Crippen molar-refractivity contribution < 1.29 is 4.79 Å². The summed E-state index contributed by atoms with van der Waals surface area (Å²) in [5.41, 5.74) is 1.49. The van der Waals surface area contributed by atoms with E-state index in [9.17, 15) is 4.79 Å². The Labute approximate surface area is 116 Å². The highest BCUT2D eigenvalue weighted by molar-refractivity contribution is 5.93. The van der Waals surface area contributed by atoms with Gasteiger partial charge in [-0.2, -0.15) is 0 Å². The molecule has 4 heteroatoms. The van der Waals surface area contributed by atoms with Crippen LogP contribution in [0.2, 0.25) is 0 Å². The van der Waals surface area contributed by atoms with Crippen molar-refractivity contribution in [3.63, 3.8) is 0 Å². The lowest BCUT2D eigenvalue weighted by Gasteiger charge is -2.18. The van der Waals surface area contributed by atoms with Crippen molar-refractivity contribution >= 4 is 11.6 Å². The van der Waals surface area contributed by atoms with Crippen LogP contribution in [0.1, 0.15) is 50.5 Å². The number of hydrogen-bond donors (Lipinski definition) is 1. The highest BCUT2D eigenvalue weighted by atomic mass is 16.2. The van der Waals surface area contributed by atoms with Crippen molar-refractivity contribution in [1.82, 2.24) is 9.88 Å². The first-order valence-electron chi connectivity index (χ1n) is 7.22. The number of nitrogens with zero attached hydrogens (tertiary/aromatic N) is 2. The third-order valence-electron chi connectivity index (χ3n) is 3.14. The molecule has 0 fully saturated rings. The Bertz CT molecular complexity index is 389. The first-order valence-corrected chi connectivity index (χ1v) is 7.22. The molecule has 1 rings (SSSR count). The van der Waals surface area contributed by atoms with E-state index in [1.165, 1.54) is 12.8 Å². The number of carbonyl (C=O) groups excluding carboxylic acids is 1. The smallest absolute Gasteiger partial charge is 0.272 e. The van der Waals surface area contributed by atoms with E-state index in [0.29, 0.717) is 18.8 Å². The second-order valence-corrected chi connectivity index (χ2v) is 4.54. The highest BCUT2D eigenvalue weighted by Crippen LogP contribution is 2.10. The molecule has 0 bridgehead atoms. The molecule has 0 aromatic carbocycles. The number of hydrogen-bond acceptors (Lipinski definition) is 3. The van der Waals surface area contributed by atoms with Crippen molar-refractivity contribution in [2.24, 2.45) is 0 Å². The molecule has 0 radical (unpaired) electrons. The third-order valence-corrected chi connectivity index (χ3v) is 3.14. The minimum atomic E-state index is 0.00204.